The third-order valence-corrected chi connectivity index (χ3v) is 6.86. The zero-order valence-electron chi connectivity index (χ0n) is 19.7. The molecule has 0 radical (unpaired) electrons. The van der Waals surface area contributed by atoms with E-state index in [1.807, 2.05) is 29.1 Å². The zero-order chi connectivity index (χ0) is 24.6. The lowest BCUT2D eigenvalue weighted by atomic mass is 10.0. The van der Waals surface area contributed by atoms with Crippen LogP contribution in [0.1, 0.15) is 17.2 Å². The number of fused-ring (bicyclic) bond motifs is 2. The quantitative estimate of drug-likeness (QED) is 0.565. The number of nitrogens with zero attached hydrogens (tertiary/aromatic N) is 6. The zero-order valence-corrected chi connectivity index (χ0v) is 19.7. The van der Waals surface area contributed by atoms with Crippen LogP contribution >= 0.6 is 0 Å². The molecule has 1 aromatic carbocycles. The molecule has 36 heavy (non-hydrogen) atoms. The van der Waals surface area contributed by atoms with E-state index in [2.05, 4.69) is 32.9 Å². The highest BCUT2D eigenvalue weighted by Gasteiger charge is 2.31. The maximum Gasteiger partial charge on any atom is 0.246 e. The van der Waals surface area contributed by atoms with Gasteiger partial charge in [0.1, 0.15) is 18.5 Å². The fraction of sp³-hybridized carbons (Fsp3) is 0.308. The Morgan fingerprint density at radius 2 is 2.08 bits per heavy atom. The third-order valence-electron chi connectivity index (χ3n) is 6.86. The fourth-order valence-corrected chi connectivity index (χ4v) is 4.85. The Bertz CT molecular complexity index is 1380. The number of benzene rings is 1. The number of ether oxygens (including phenoxy) is 2. The maximum atomic E-state index is 11.7. The van der Waals surface area contributed by atoms with Gasteiger partial charge in [0, 0.05) is 49.8 Å². The largest absolute Gasteiger partial charge is 0.485 e. The highest BCUT2D eigenvalue weighted by atomic mass is 16.5. The normalized spacial score (nSPS) is 17.0. The van der Waals surface area contributed by atoms with Crippen molar-refractivity contribution in [2.45, 2.75) is 12.6 Å². The monoisotopic (exact) mass is 483 g/mol. The number of nitriles is 1. The standard InChI is InChI=1S/C26H25N7O3/c1-2-24(34)32-14-20(15-32)33-13-19(12-29-33)17-9-18(11-27)25-22(10-17)30-26-21(16-36-25)23(3-4-28-26)31-5-7-35-8-6-31/h2-4,9-10,12-13,20H,1,5-8,14-16H2,(H,28,30). The van der Waals surface area contributed by atoms with Gasteiger partial charge in [0.15, 0.2) is 5.75 Å². The second kappa shape index (κ2) is 9.02. The van der Waals surface area contributed by atoms with Crippen molar-refractivity contribution in [1.82, 2.24) is 19.7 Å². The number of anilines is 3. The summed E-state index contributed by atoms with van der Waals surface area (Å²) in [5.74, 6) is 1.16. The molecule has 1 N–H and O–H groups in total. The topological polar surface area (TPSA) is 109 Å². The summed E-state index contributed by atoms with van der Waals surface area (Å²) in [7, 11) is 0. The van der Waals surface area contributed by atoms with Gasteiger partial charge in [0.2, 0.25) is 5.91 Å². The van der Waals surface area contributed by atoms with E-state index < -0.39 is 0 Å². The number of hydrogen-bond donors (Lipinski definition) is 1. The molecule has 2 aromatic heterocycles. The number of likely N-dealkylation sites (tertiary alicyclic amines) is 1. The van der Waals surface area contributed by atoms with Crippen LogP contribution in [0.2, 0.25) is 0 Å². The SMILES string of the molecule is C=CC(=O)N1CC(n2cc(-c3cc(C#N)c4c(c3)Nc3nccc(N5CCOCC5)c3CO4)cn2)C1. The van der Waals surface area contributed by atoms with E-state index in [0.717, 1.165) is 41.3 Å². The number of carbonyl (C=O) groups is 1. The van der Waals surface area contributed by atoms with Crippen LogP contribution in [0.5, 0.6) is 5.75 Å². The van der Waals surface area contributed by atoms with Crippen LogP contribution in [0, 0.1) is 11.3 Å². The summed E-state index contributed by atoms with van der Waals surface area (Å²) >= 11 is 0. The Morgan fingerprint density at radius 3 is 2.86 bits per heavy atom. The second-order valence-corrected chi connectivity index (χ2v) is 8.99. The van der Waals surface area contributed by atoms with Gasteiger partial charge in [-0.1, -0.05) is 6.58 Å². The van der Waals surface area contributed by atoms with Gasteiger partial charge in [-0.2, -0.15) is 10.4 Å². The molecule has 0 bridgehead atoms. The molecule has 1 amide bonds. The Kier molecular flexibility index (Phi) is 5.54. The number of morpholine rings is 1. The number of nitrogens with one attached hydrogen (secondary N) is 1. The van der Waals surface area contributed by atoms with Gasteiger partial charge in [-0.25, -0.2) is 4.98 Å². The summed E-state index contributed by atoms with van der Waals surface area (Å²) in [5.41, 5.74) is 4.87. The van der Waals surface area contributed by atoms with Crippen molar-refractivity contribution in [3.63, 3.8) is 0 Å². The van der Waals surface area contributed by atoms with Crippen molar-refractivity contribution < 1.29 is 14.3 Å². The smallest absolute Gasteiger partial charge is 0.246 e. The van der Waals surface area contributed by atoms with Crippen LogP contribution in [0.3, 0.4) is 0 Å². The molecule has 2 saturated heterocycles. The average Bonchev–Trinajstić information content (AvgIpc) is 3.28. The van der Waals surface area contributed by atoms with E-state index >= 15 is 0 Å². The number of rotatable bonds is 4. The Balaban J connectivity index is 1.29. The molecule has 0 unspecified atom stereocenters. The van der Waals surface area contributed by atoms with Crippen LogP contribution in [0.25, 0.3) is 11.1 Å². The molecule has 0 atom stereocenters. The van der Waals surface area contributed by atoms with Crippen molar-refractivity contribution >= 4 is 23.1 Å². The Labute approximate surface area is 208 Å². The molecule has 0 saturated carbocycles. The van der Waals surface area contributed by atoms with Crippen molar-refractivity contribution in [2.24, 2.45) is 0 Å². The molecule has 5 heterocycles. The van der Waals surface area contributed by atoms with Crippen molar-refractivity contribution in [2.75, 3.05) is 49.6 Å². The first kappa shape index (κ1) is 22.1. The van der Waals surface area contributed by atoms with Gasteiger partial charge < -0.3 is 24.6 Å². The molecule has 10 nitrogen and oxygen atoms in total. The molecular weight excluding hydrogens is 458 g/mol. The van der Waals surface area contributed by atoms with Crippen LogP contribution in [-0.2, 0) is 16.1 Å². The summed E-state index contributed by atoms with van der Waals surface area (Å²) < 4.78 is 13.6. The van der Waals surface area contributed by atoms with Gasteiger partial charge in [0.25, 0.3) is 0 Å². The first-order chi connectivity index (χ1) is 17.6. The summed E-state index contributed by atoms with van der Waals surface area (Å²) in [5, 5.41) is 17.8. The number of hydrogen-bond acceptors (Lipinski definition) is 8. The molecule has 182 valence electrons. The van der Waals surface area contributed by atoms with Crippen LogP contribution in [0.4, 0.5) is 17.2 Å². The summed E-state index contributed by atoms with van der Waals surface area (Å²) in [6, 6.07) is 8.19. The van der Waals surface area contributed by atoms with E-state index in [9.17, 15) is 10.1 Å². The molecule has 3 aliphatic rings. The minimum atomic E-state index is -0.0696. The van der Waals surface area contributed by atoms with Crippen molar-refractivity contribution in [3.05, 3.63) is 60.6 Å². The van der Waals surface area contributed by atoms with E-state index in [4.69, 9.17) is 9.47 Å². The minimum absolute atomic E-state index is 0.0696. The van der Waals surface area contributed by atoms with E-state index in [1.54, 1.807) is 17.3 Å². The number of pyridine rings is 1. The van der Waals surface area contributed by atoms with Crippen molar-refractivity contribution in [1.29, 1.82) is 5.26 Å². The lowest BCUT2D eigenvalue weighted by Gasteiger charge is -2.38. The van der Waals surface area contributed by atoms with Gasteiger partial charge in [-0.05, 0) is 29.8 Å². The van der Waals surface area contributed by atoms with Crippen LogP contribution < -0.4 is 15.0 Å². The van der Waals surface area contributed by atoms with Crippen molar-refractivity contribution in [3.8, 4) is 22.9 Å². The molecule has 2 fully saturated rings. The van der Waals surface area contributed by atoms with Gasteiger partial charge in [-0.3, -0.25) is 9.48 Å². The Morgan fingerprint density at radius 1 is 1.25 bits per heavy atom. The first-order valence-electron chi connectivity index (χ1n) is 11.9. The summed E-state index contributed by atoms with van der Waals surface area (Å²) in [6.07, 6.45) is 6.85. The number of aromatic nitrogens is 3. The highest BCUT2D eigenvalue weighted by molar-refractivity contribution is 5.87. The van der Waals surface area contributed by atoms with E-state index in [0.29, 0.717) is 49.9 Å². The lowest BCUT2D eigenvalue weighted by molar-refractivity contribution is -0.131. The molecule has 6 rings (SSSR count). The second-order valence-electron chi connectivity index (χ2n) is 8.99. The number of carbonyl (C=O) groups excluding carboxylic acids is 1. The molecule has 3 aliphatic heterocycles. The number of amides is 1. The summed E-state index contributed by atoms with van der Waals surface area (Å²) in [4.78, 5) is 20.3. The van der Waals surface area contributed by atoms with Gasteiger partial charge in [-0.15, -0.1) is 0 Å². The Hall–Kier alpha value is -4.36. The van der Waals surface area contributed by atoms with Gasteiger partial charge in [0.05, 0.1) is 42.3 Å². The molecule has 3 aromatic rings. The molecule has 10 heteroatoms. The van der Waals surface area contributed by atoms with Crippen LogP contribution in [0.15, 0.2) is 49.4 Å². The predicted molar refractivity (Wildman–Crippen MR) is 133 cm³/mol. The average molecular weight is 484 g/mol. The minimum Gasteiger partial charge on any atom is -0.485 e. The molecule has 0 aliphatic carbocycles. The molecule has 0 spiro atoms. The highest BCUT2D eigenvalue weighted by Crippen LogP contribution is 2.41. The third kappa shape index (κ3) is 3.83. The first-order valence-corrected chi connectivity index (χ1v) is 11.9. The van der Waals surface area contributed by atoms with Gasteiger partial charge >= 0.3 is 0 Å². The summed E-state index contributed by atoms with van der Waals surface area (Å²) in [6.45, 7) is 8.03. The predicted octanol–water partition coefficient (Wildman–Crippen LogP) is 2.86. The van der Waals surface area contributed by atoms with E-state index in [-0.39, 0.29) is 11.9 Å². The van der Waals surface area contributed by atoms with Crippen LogP contribution in [-0.4, -0.2) is 65.0 Å². The van der Waals surface area contributed by atoms with E-state index in [1.165, 1.54) is 6.08 Å². The fourth-order valence-electron chi connectivity index (χ4n) is 4.85. The molecular formula is C26H25N7O3. The maximum absolute atomic E-state index is 11.7. The lowest BCUT2D eigenvalue weighted by Crippen LogP contribution is -2.50.